The van der Waals surface area contributed by atoms with Crippen molar-refractivity contribution in [1.29, 1.82) is 0 Å². The molecule has 2 heterocycles. The summed E-state index contributed by atoms with van der Waals surface area (Å²) >= 11 is 0. The fourth-order valence-corrected chi connectivity index (χ4v) is 1.85. The van der Waals surface area contributed by atoms with Crippen molar-refractivity contribution in [3.63, 3.8) is 0 Å². The minimum Gasteiger partial charge on any atom is -0.361 e. The third-order valence-electron chi connectivity index (χ3n) is 3.19. The van der Waals surface area contributed by atoms with Gasteiger partial charge in [-0.25, -0.2) is 4.98 Å². The molecular weight excluding hydrogens is 244 g/mol. The summed E-state index contributed by atoms with van der Waals surface area (Å²) in [7, 11) is 1.80. The Morgan fingerprint density at radius 2 is 2.26 bits per heavy atom. The predicted molar refractivity (Wildman–Crippen MR) is 69.5 cm³/mol. The molecule has 0 saturated carbocycles. The first kappa shape index (κ1) is 13.3. The van der Waals surface area contributed by atoms with E-state index in [0.29, 0.717) is 18.7 Å². The summed E-state index contributed by atoms with van der Waals surface area (Å²) in [6.45, 7) is 5.07. The number of nitrogens with zero attached hydrogens (tertiary/aromatic N) is 4. The summed E-state index contributed by atoms with van der Waals surface area (Å²) in [5, 5.41) is 3.86. The van der Waals surface area contributed by atoms with Crippen molar-refractivity contribution in [3.05, 3.63) is 35.7 Å². The second-order valence-corrected chi connectivity index (χ2v) is 4.60. The van der Waals surface area contributed by atoms with Gasteiger partial charge in [0, 0.05) is 38.1 Å². The minimum absolute atomic E-state index is 0.0644. The van der Waals surface area contributed by atoms with Crippen molar-refractivity contribution < 1.29 is 9.32 Å². The van der Waals surface area contributed by atoms with E-state index in [-0.39, 0.29) is 5.91 Å². The van der Waals surface area contributed by atoms with Crippen LogP contribution in [-0.4, -0.2) is 39.1 Å². The monoisotopic (exact) mass is 262 g/mol. The van der Waals surface area contributed by atoms with Gasteiger partial charge in [0.05, 0.1) is 18.4 Å². The molecule has 0 unspecified atom stereocenters. The topological polar surface area (TPSA) is 64.2 Å². The summed E-state index contributed by atoms with van der Waals surface area (Å²) < 4.78 is 7.01. The van der Waals surface area contributed by atoms with E-state index in [1.807, 2.05) is 24.6 Å². The van der Waals surface area contributed by atoms with E-state index in [9.17, 15) is 4.79 Å². The molecule has 6 nitrogen and oxygen atoms in total. The number of imidazole rings is 1. The average molecular weight is 262 g/mol. The molecule has 2 aromatic heterocycles. The van der Waals surface area contributed by atoms with Crippen LogP contribution in [0.15, 0.2) is 23.2 Å². The van der Waals surface area contributed by atoms with Crippen LogP contribution in [0.3, 0.4) is 0 Å². The molecule has 0 aliphatic rings. The second kappa shape index (κ2) is 5.69. The van der Waals surface area contributed by atoms with Crippen molar-refractivity contribution in [1.82, 2.24) is 19.6 Å². The molecule has 0 spiro atoms. The van der Waals surface area contributed by atoms with E-state index in [1.54, 1.807) is 24.5 Å². The van der Waals surface area contributed by atoms with Crippen LogP contribution >= 0.6 is 0 Å². The number of hydrogen-bond acceptors (Lipinski definition) is 4. The van der Waals surface area contributed by atoms with Gasteiger partial charge in [-0.05, 0) is 13.8 Å². The van der Waals surface area contributed by atoms with Gasteiger partial charge >= 0.3 is 0 Å². The van der Waals surface area contributed by atoms with Crippen LogP contribution in [0.1, 0.15) is 17.0 Å². The van der Waals surface area contributed by atoms with E-state index >= 15 is 0 Å². The van der Waals surface area contributed by atoms with Gasteiger partial charge in [0.1, 0.15) is 5.76 Å². The van der Waals surface area contributed by atoms with Crippen molar-refractivity contribution in [2.75, 3.05) is 13.6 Å². The quantitative estimate of drug-likeness (QED) is 0.812. The summed E-state index contributed by atoms with van der Waals surface area (Å²) in [4.78, 5) is 17.8. The Labute approximate surface area is 112 Å². The Bertz CT molecular complexity index is 525. The average Bonchev–Trinajstić information content (AvgIpc) is 3.00. The van der Waals surface area contributed by atoms with Crippen LogP contribution in [0.5, 0.6) is 0 Å². The maximum Gasteiger partial charge on any atom is 0.226 e. The van der Waals surface area contributed by atoms with Crippen molar-refractivity contribution in [2.24, 2.45) is 0 Å². The van der Waals surface area contributed by atoms with E-state index in [0.717, 1.165) is 17.8 Å². The standard InChI is InChI=1S/C13H18N4O2/c1-10-12(11(2)19-15-10)8-13(18)16(3)6-7-17-5-4-14-9-17/h4-5,9H,6-8H2,1-3H3. The summed E-state index contributed by atoms with van der Waals surface area (Å²) in [5.74, 6) is 0.781. The molecule has 2 rings (SSSR count). The SMILES string of the molecule is Cc1noc(C)c1CC(=O)N(C)CCn1ccnc1. The fourth-order valence-electron chi connectivity index (χ4n) is 1.85. The molecule has 1 amide bonds. The van der Waals surface area contributed by atoms with Crippen LogP contribution in [0.4, 0.5) is 0 Å². The third-order valence-corrected chi connectivity index (χ3v) is 3.19. The Morgan fingerprint density at radius 1 is 1.47 bits per heavy atom. The molecule has 2 aromatic rings. The molecule has 0 N–H and O–H groups in total. The molecule has 0 fully saturated rings. The lowest BCUT2D eigenvalue weighted by Gasteiger charge is -2.17. The zero-order valence-corrected chi connectivity index (χ0v) is 11.5. The minimum atomic E-state index is 0.0644. The molecule has 0 radical (unpaired) electrons. The van der Waals surface area contributed by atoms with Crippen molar-refractivity contribution in [3.8, 4) is 0 Å². The molecule has 102 valence electrons. The van der Waals surface area contributed by atoms with Crippen LogP contribution in [0.25, 0.3) is 0 Å². The molecule has 0 aliphatic heterocycles. The molecule has 0 atom stereocenters. The molecule has 6 heteroatoms. The second-order valence-electron chi connectivity index (χ2n) is 4.60. The van der Waals surface area contributed by atoms with Gasteiger partial charge < -0.3 is 14.0 Å². The number of rotatable bonds is 5. The van der Waals surface area contributed by atoms with Crippen molar-refractivity contribution in [2.45, 2.75) is 26.8 Å². The smallest absolute Gasteiger partial charge is 0.226 e. The van der Waals surface area contributed by atoms with Crippen molar-refractivity contribution >= 4 is 5.91 Å². The summed E-state index contributed by atoms with van der Waals surface area (Å²) in [5.41, 5.74) is 1.67. The Morgan fingerprint density at radius 3 is 2.84 bits per heavy atom. The highest BCUT2D eigenvalue weighted by Crippen LogP contribution is 2.13. The van der Waals surface area contributed by atoms with Gasteiger partial charge in [-0.1, -0.05) is 5.16 Å². The lowest BCUT2D eigenvalue weighted by atomic mass is 10.1. The molecular formula is C13H18N4O2. The van der Waals surface area contributed by atoms with E-state index in [2.05, 4.69) is 10.1 Å². The number of likely N-dealkylation sites (N-methyl/N-ethyl adjacent to an activating group) is 1. The maximum atomic E-state index is 12.1. The first-order chi connectivity index (χ1) is 9.08. The van der Waals surface area contributed by atoms with Crippen LogP contribution in [-0.2, 0) is 17.8 Å². The first-order valence-corrected chi connectivity index (χ1v) is 6.19. The highest BCUT2D eigenvalue weighted by molar-refractivity contribution is 5.78. The Hall–Kier alpha value is -2.11. The van der Waals surface area contributed by atoms with Crippen LogP contribution in [0, 0.1) is 13.8 Å². The number of carbonyl (C=O) groups excluding carboxylic acids is 1. The molecule has 0 aliphatic carbocycles. The Balaban J connectivity index is 1.89. The maximum absolute atomic E-state index is 12.1. The molecule has 19 heavy (non-hydrogen) atoms. The zero-order chi connectivity index (χ0) is 13.8. The van der Waals surface area contributed by atoms with Gasteiger partial charge in [-0.15, -0.1) is 0 Å². The first-order valence-electron chi connectivity index (χ1n) is 6.19. The fraction of sp³-hybridized carbons (Fsp3) is 0.462. The zero-order valence-electron chi connectivity index (χ0n) is 11.5. The molecule has 0 saturated heterocycles. The Kier molecular flexibility index (Phi) is 3.99. The van der Waals surface area contributed by atoms with Crippen LogP contribution in [0.2, 0.25) is 0 Å². The lowest BCUT2D eigenvalue weighted by molar-refractivity contribution is -0.129. The van der Waals surface area contributed by atoms with Crippen LogP contribution < -0.4 is 0 Å². The largest absolute Gasteiger partial charge is 0.361 e. The number of carbonyl (C=O) groups is 1. The number of aryl methyl sites for hydroxylation is 2. The summed E-state index contributed by atoms with van der Waals surface area (Å²) in [6, 6.07) is 0. The van der Waals surface area contributed by atoms with Gasteiger partial charge in [0.15, 0.2) is 0 Å². The van der Waals surface area contributed by atoms with E-state index < -0.39 is 0 Å². The number of amides is 1. The highest BCUT2D eigenvalue weighted by atomic mass is 16.5. The predicted octanol–water partition coefficient (Wildman–Crippen LogP) is 1.19. The summed E-state index contributed by atoms with van der Waals surface area (Å²) in [6.07, 6.45) is 5.69. The number of hydrogen-bond donors (Lipinski definition) is 0. The van der Waals surface area contributed by atoms with Gasteiger partial charge in [-0.2, -0.15) is 0 Å². The number of aromatic nitrogens is 3. The highest BCUT2D eigenvalue weighted by Gasteiger charge is 2.16. The van der Waals surface area contributed by atoms with Gasteiger partial charge in [0.25, 0.3) is 0 Å². The van der Waals surface area contributed by atoms with E-state index in [4.69, 9.17) is 4.52 Å². The van der Waals surface area contributed by atoms with Gasteiger partial charge in [-0.3, -0.25) is 4.79 Å². The lowest BCUT2D eigenvalue weighted by Crippen LogP contribution is -2.31. The van der Waals surface area contributed by atoms with Gasteiger partial charge in [0.2, 0.25) is 5.91 Å². The third kappa shape index (κ3) is 3.21. The molecule has 0 bridgehead atoms. The van der Waals surface area contributed by atoms with E-state index in [1.165, 1.54) is 0 Å². The normalized spacial score (nSPS) is 10.7. The molecule has 0 aromatic carbocycles.